The highest BCUT2D eigenvalue weighted by Gasteiger charge is 2.04. The van der Waals surface area contributed by atoms with Crippen LogP contribution in [0.4, 0.5) is 16.2 Å². The van der Waals surface area contributed by atoms with Crippen LogP contribution in [0.5, 0.6) is 0 Å². The summed E-state index contributed by atoms with van der Waals surface area (Å²) < 4.78 is 0. The molecular formula is C20H26N4OS. The smallest absolute Gasteiger partial charge is 0.319 e. The normalized spacial score (nSPS) is 10.3. The lowest BCUT2D eigenvalue weighted by Gasteiger charge is -2.14. The maximum atomic E-state index is 11.7. The standard InChI is InChI=1S/C20H26N4OS/c1-13(2)22-19(25)23-17-9-7-16(8-10-17)12-21-20(26)24-18-11-14(3)5-6-15(18)4/h5-11,13H,12H2,1-4H3,(H2,21,24,26)(H2,22,23,25). The summed E-state index contributed by atoms with van der Waals surface area (Å²) in [5.74, 6) is 0. The van der Waals surface area contributed by atoms with Gasteiger partial charge < -0.3 is 21.3 Å². The number of anilines is 2. The van der Waals surface area contributed by atoms with Gasteiger partial charge in [-0.05, 0) is 74.8 Å². The zero-order valence-corrected chi connectivity index (χ0v) is 16.5. The first-order chi connectivity index (χ1) is 12.3. The lowest BCUT2D eigenvalue weighted by atomic mass is 10.1. The van der Waals surface area contributed by atoms with E-state index in [4.69, 9.17) is 12.2 Å². The largest absolute Gasteiger partial charge is 0.358 e. The molecule has 6 heteroatoms. The summed E-state index contributed by atoms with van der Waals surface area (Å²) in [5.41, 5.74) is 5.17. The average Bonchev–Trinajstić information content (AvgIpc) is 2.57. The molecule has 5 nitrogen and oxygen atoms in total. The van der Waals surface area contributed by atoms with Gasteiger partial charge in [-0.3, -0.25) is 0 Å². The fourth-order valence-electron chi connectivity index (χ4n) is 2.35. The molecule has 0 fully saturated rings. The number of nitrogens with one attached hydrogen (secondary N) is 4. The molecule has 138 valence electrons. The maximum Gasteiger partial charge on any atom is 0.319 e. The predicted molar refractivity (Wildman–Crippen MR) is 113 cm³/mol. The number of hydrogen-bond acceptors (Lipinski definition) is 2. The molecule has 0 radical (unpaired) electrons. The predicted octanol–water partition coefficient (Wildman–Crippen LogP) is 4.32. The molecule has 2 rings (SSSR count). The number of carbonyl (C=O) groups is 1. The molecule has 0 heterocycles. The van der Waals surface area contributed by atoms with Crippen LogP contribution in [0.25, 0.3) is 0 Å². The highest BCUT2D eigenvalue weighted by Crippen LogP contribution is 2.16. The maximum absolute atomic E-state index is 11.7. The zero-order chi connectivity index (χ0) is 19.1. The van der Waals surface area contributed by atoms with E-state index in [0.717, 1.165) is 22.5 Å². The molecule has 0 aliphatic heterocycles. The van der Waals surface area contributed by atoms with E-state index in [1.807, 2.05) is 45.0 Å². The third-order valence-corrected chi connectivity index (χ3v) is 3.97. The van der Waals surface area contributed by atoms with Crippen molar-refractivity contribution in [2.24, 2.45) is 0 Å². The number of amides is 2. The van der Waals surface area contributed by atoms with Crippen molar-refractivity contribution in [3.05, 3.63) is 59.2 Å². The monoisotopic (exact) mass is 370 g/mol. The minimum absolute atomic E-state index is 0.101. The number of hydrogen-bond donors (Lipinski definition) is 4. The van der Waals surface area contributed by atoms with Crippen molar-refractivity contribution in [3.63, 3.8) is 0 Å². The second-order valence-corrected chi connectivity index (χ2v) is 6.98. The Labute approximate surface area is 160 Å². The fraction of sp³-hybridized carbons (Fsp3) is 0.300. The Morgan fingerprint density at radius 3 is 2.38 bits per heavy atom. The summed E-state index contributed by atoms with van der Waals surface area (Å²) in [6, 6.07) is 13.8. The zero-order valence-electron chi connectivity index (χ0n) is 15.6. The molecule has 0 saturated carbocycles. The van der Waals surface area contributed by atoms with E-state index in [9.17, 15) is 4.79 Å². The van der Waals surface area contributed by atoms with Crippen LogP contribution >= 0.6 is 12.2 Å². The van der Waals surface area contributed by atoms with Crippen LogP contribution in [0.3, 0.4) is 0 Å². The lowest BCUT2D eigenvalue weighted by molar-refractivity contribution is 0.250. The molecule has 4 N–H and O–H groups in total. The van der Waals surface area contributed by atoms with Crippen LogP contribution in [0.15, 0.2) is 42.5 Å². The van der Waals surface area contributed by atoms with Gasteiger partial charge in [0.05, 0.1) is 0 Å². The van der Waals surface area contributed by atoms with Crippen molar-refractivity contribution in [2.75, 3.05) is 10.6 Å². The summed E-state index contributed by atoms with van der Waals surface area (Å²) in [6.07, 6.45) is 0. The summed E-state index contributed by atoms with van der Waals surface area (Å²) in [7, 11) is 0. The first-order valence-corrected chi connectivity index (χ1v) is 9.03. The van der Waals surface area contributed by atoms with Gasteiger partial charge in [-0.25, -0.2) is 4.79 Å². The molecule has 0 unspecified atom stereocenters. The van der Waals surface area contributed by atoms with Gasteiger partial charge in [0, 0.05) is 24.0 Å². The second kappa shape index (κ2) is 9.20. The Balaban J connectivity index is 1.84. The molecule has 2 aromatic rings. The highest BCUT2D eigenvalue weighted by atomic mass is 32.1. The van der Waals surface area contributed by atoms with Crippen molar-refractivity contribution in [3.8, 4) is 0 Å². The minimum atomic E-state index is -0.204. The van der Waals surface area contributed by atoms with Gasteiger partial charge in [-0.2, -0.15) is 0 Å². The van der Waals surface area contributed by atoms with Crippen LogP contribution in [0, 0.1) is 13.8 Å². The first-order valence-electron chi connectivity index (χ1n) is 8.62. The van der Waals surface area contributed by atoms with Crippen molar-refractivity contribution < 1.29 is 4.79 Å². The van der Waals surface area contributed by atoms with Crippen LogP contribution in [0.2, 0.25) is 0 Å². The van der Waals surface area contributed by atoms with Crippen LogP contribution in [0.1, 0.15) is 30.5 Å². The number of rotatable bonds is 5. The Bertz CT molecular complexity index is 772. The lowest BCUT2D eigenvalue weighted by Crippen LogP contribution is -2.34. The minimum Gasteiger partial charge on any atom is -0.358 e. The van der Waals surface area contributed by atoms with Gasteiger partial charge in [-0.15, -0.1) is 0 Å². The summed E-state index contributed by atoms with van der Waals surface area (Å²) in [6.45, 7) is 8.55. The molecule has 0 atom stereocenters. The van der Waals surface area contributed by atoms with Gasteiger partial charge in [-0.1, -0.05) is 24.3 Å². The van der Waals surface area contributed by atoms with Gasteiger partial charge in [0.15, 0.2) is 5.11 Å². The van der Waals surface area contributed by atoms with E-state index in [0.29, 0.717) is 11.7 Å². The number of urea groups is 1. The number of carbonyl (C=O) groups excluding carboxylic acids is 1. The second-order valence-electron chi connectivity index (χ2n) is 6.58. The molecule has 2 amide bonds. The molecule has 0 aromatic heterocycles. The van der Waals surface area contributed by atoms with Gasteiger partial charge in [0.2, 0.25) is 0 Å². The third-order valence-electron chi connectivity index (χ3n) is 3.73. The van der Waals surface area contributed by atoms with Crippen LogP contribution in [-0.2, 0) is 6.54 Å². The first kappa shape index (κ1) is 19.7. The Morgan fingerprint density at radius 2 is 1.73 bits per heavy atom. The van der Waals surface area contributed by atoms with Gasteiger partial charge >= 0.3 is 6.03 Å². The van der Waals surface area contributed by atoms with E-state index in [1.54, 1.807) is 0 Å². The van der Waals surface area contributed by atoms with E-state index in [2.05, 4.69) is 46.4 Å². The van der Waals surface area contributed by atoms with E-state index in [-0.39, 0.29) is 12.1 Å². The number of benzene rings is 2. The Kier molecular flexibility index (Phi) is 6.97. The number of aryl methyl sites for hydroxylation is 2. The van der Waals surface area contributed by atoms with E-state index in [1.165, 1.54) is 5.56 Å². The molecule has 26 heavy (non-hydrogen) atoms. The van der Waals surface area contributed by atoms with Crippen LogP contribution < -0.4 is 21.3 Å². The third kappa shape index (κ3) is 6.37. The molecule has 0 aliphatic rings. The van der Waals surface area contributed by atoms with Crippen molar-refractivity contribution in [2.45, 2.75) is 40.3 Å². The average molecular weight is 371 g/mol. The van der Waals surface area contributed by atoms with Crippen molar-refractivity contribution in [1.82, 2.24) is 10.6 Å². The number of thiocarbonyl (C=S) groups is 1. The van der Waals surface area contributed by atoms with E-state index < -0.39 is 0 Å². The topological polar surface area (TPSA) is 65.2 Å². The Morgan fingerprint density at radius 1 is 1.04 bits per heavy atom. The quantitative estimate of drug-likeness (QED) is 0.592. The van der Waals surface area contributed by atoms with E-state index >= 15 is 0 Å². The molecule has 2 aromatic carbocycles. The highest BCUT2D eigenvalue weighted by molar-refractivity contribution is 7.80. The fourth-order valence-corrected chi connectivity index (χ4v) is 2.54. The molecular weight excluding hydrogens is 344 g/mol. The van der Waals surface area contributed by atoms with Crippen molar-refractivity contribution in [1.29, 1.82) is 0 Å². The Hall–Kier alpha value is -2.60. The van der Waals surface area contributed by atoms with Gasteiger partial charge in [0.1, 0.15) is 0 Å². The molecule has 0 spiro atoms. The molecule has 0 bridgehead atoms. The van der Waals surface area contributed by atoms with Crippen LogP contribution in [-0.4, -0.2) is 17.2 Å². The van der Waals surface area contributed by atoms with Gasteiger partial charge in [0.25, 0.3) is 0 Å². The SMILES string of the molecule is Cc1ccc(C)c(NC(=S)NCc2ccc(NC(=O)NC(C)C)cc2)c1. The van der Waals surface area contributed by atoms with Crippen molar-refractivity contribution >= 4 is 34.7 Å². The molecule has 0 saturated heterocycles. The molecule has 0 aliphatic carbocycles. The summed E-state index contributed by atoms with van der Waals surface area (Å²) in [4.78, 5) is 11.7. The summed E-state index contributed by atoms with van der Waals surface area (Å²) >= 11 is 5.37. The summed E-state index contributed by atoms with van der Waals surface area (Å²) in [5, 5.41) is 12.6.